The molecule has 2 aliphatic rings. The number of pyridine rings is 2. The SMILES string of the molecule is N=CN1CCCCOc2ccc(-c3ccc(OC4CCOC4)nc3)cc2C(=O)Nc2cccc(n2)C1=N. The summed E-state index contributed by atoms with van der Waals surface area (Å²) < 4.78 is 17.2. The molecule has 1 amide bonds. The highest BCUT2D eigenvalue weighted by molar-refractivity contribution is 6.07. The fourth-order valence-electron chi connectivity index (χ4n) is 4.18. The zero-order valence-corrected chi connectivity index (χ0v) is 20.3. The van der Waals surface area contributed by atoms with Crippen LogP contribution in [0.3, 0.4) is 0 Å². The van der Waals surface area contributed by atoms with E-state index < -0.39 is 0 Å². The Balaban J connectivity index is 1.41. The molecule has 0 spiro atoms. The van der Waals surface area contributed by atoms with Gasteiger partial charge in [-0.2, -0.15) is 0 Å². The standard InChI is InChI=1S/C27H28N6O4/c28-17-33-11-1-2-12-36-23-8-6-18(19-7-9-25(30-15-19)37-20-10-13-35-16-20)14-21(23)27(34)32-24-5-3-4-22(31-24)26(33)29/h3-9,14-15,17,20,28-29H,1-2,10-13,16H2,(H,31,32,34). The smallest absolute Gasteiger partial charge is 0.260 e. The summed E-state index contributed by atoms with van der Waals surface area (Å²) in [5.74, 6) is 1.05. The molecular weight excluding hydrogens is 472 g/mol. The number of anilines is 1. The van der Waals surface area contributed by atoms with Crippen molar-refractivity contribution in [1.82, 2.24) is 14.9 Å². The summed E-state index contributed by atoms with van der Waals surface area (Å²) in [5.41, 5.74) is 2.40. The van der Waals surface area contributed by atoms with Crippen molar-refractivity contribution in [1.29, 1.82) is 10.8 Å². The van der Waals surface area contributed by atoms with Gasteiger partial charge in [-0.05, 0) is 48.7 Å². The fourth-order valence-corrected chi connectivity index (χ4v) is 4.18. The first-order valence-corrected chi connectivity index (χ1v) is 12.2. The first-order valence-electron chi connectivity index (χ1n) is 12.2. The van der Waals surface area contributed by atoms with Crippen molar-refractivity contribution in [3.05, 3.63) is 66.0 Å². The van der Waals surface area contributed by atoms with Crippen LogP contribution >= 0.6 is 0 Å². The lowest BCUT2D eigenvalue weighted by Crippen LogP contribution is -2.31. The minimum Gasteiger partial charge on any atom is -0.493 e. The second kappa shape index (κ2) is 11.2. The van der Waals surface area contributed by atoms with E-state index in [1.807, 2.05) is 18.2 Å². The number of benzene rings is 1. The summed E-state index contributed by atoms with van der Waals surface area (Å²) >= 11 is 0. The quantitative estimate of drug-likeness (QED) is 0.365. The van der Waals surface area contributed by atoms with Gasteiger partial charge in [0.05, 0.1) is 31.7 Å². The predicted molar refractivity (Wildman–Crippen MR) is 139 cm³/mol. The Morgan fingerprint density at radius 3 is 2.78 bits per heavy atom. The molecule has 1 atom stereocenters. The molecule has 1 fully saturated rings. The number of ether oxygens (including phenoxy) is 3. The fraction of sp³-hybridized carbons (Fsp3) is 0.296. The normalized spacial score (nSPS) is 18.3. The van der Waals surface area contributed by atoms with Gasteiger partial charge in [0, 0.05) is 30.8 Å². The van der Waals surface area contributed by atoms with Crippen LogP contribution in [0.15, 0.2) is 54.7 Å². The molecule has 2 aliphatic heterocycles. The van der Waals surface area contributed by atoms with Crippen LogP contribution in [0.5, 0.6) is 11.6 Å². The van der Waals surface area contributed by atoms with Gasteiger partial charge in [0.1, 0.15) is 23.4 Å². The van der Waals surface area contributed by atoms with Gasteiger partial charge in [0.15, 0.2) is 5.84 Å². The van der Waals surface area contributed by atoms with Crippen molar-refractivity contribution in [3.63, 3.8) is 0 Å². The number of amides is 1. The van der Waals surface area contributed by atoms with E-state index in [9.17, 15) is 4.79 Å². The molecule has 1 unspecified atom stereocenters. The molecule has 1 aromatic carbocycles. The van der Waals surface area contributed by atoms with Crippen molar-refractivity contribution in [2.24, 2.45) is 0 Å². The molecule has 190 valence electrons. The molecule has 10 heteroatoms. The van der Waals surface area contributed by atoms with E-state index in [4.69, 9.17) is 25.0 Å². The Morgan fingerprint density at radius 1 is 1.11 bits per heavy atom. The van der Waals surface area contributed by atoms with Crippen LogP contribution < -0.4 is 14.8 Å². The minimum atomic E-state index is -0.372. The van der Waals surface area contributed by atoms with E-state index in [-0.39, 0.29) is 17.8 Å². The van der Waals surface area contributed by atoms with Gasteiger partial charge >= 0.3 is 0 Å². The Labute approximate surface area is 214 Å². The van der Waals surface area contributed by atoms with Gasteiger partial charge in [-0.1, -0.05) is 12.1 Å². The Hall–Kier alpha value is -4.31. The van der Waals surface area contributed by atoms with Gasteiger partial charge in [-0.25, -0.2) is 9.97 Å². The third kappa shape index (κ3) is 5.75. The van der Waals surface area contributed by atoms with Crippen molar-refractivity contribution < 1.29 is 19.0 Å². The molecule has 3 aromatic rings. The third-order valence-electron chi connectivity index (χ3n) is 6.20. The van der Waals surface area contributed by atoms with Crippen molar-refractivity contribution in [2.45, 2.75) is 25.4 Å². The molecule has 0 aliphatic carbocycles. The summed E-state index contributed by atoms with van der Waals surface area (Å²) in [4.78, 5) is 23.7. The lowest BCUT2D eigenvalue weighted by atomic mass is 10.0. The van der Waals surface area contributed by atoms with Crippen LogP contribution in [-0.2, 0) is 4.74 Å². The number of carbonyl (C=O) groups excluding carboxylic acids is 1. The van der Waals surface area contributed by atoms with Crippen LogP contribution in [0, 0.1) is 10.8 Å². The summed E-state index contributed by atoms with van der Waals surface area (Å²) in [6.07, 6.45) is 5.13. The summed E-state index contributed by atoms with van der Waals surface area (Å²) in [6, 6.07) is 14.3. The van der Waals surface area contributed by atoms with Gasteiger partial charge in [0.2, 0.25) is 5.88 Å². The molecule has 5 rings (SSSR count). The van der Waals surface area contributed by atoms with Crippen molar-refractivity contribution in [3.8, 4) is 22.8 Å². The lowest BCUT2D eigenvalue weighted by molar-refractivity contribution is 0.102. The van der Waals surface area contributed by atoms with E-state index in [0.29, 0.717) is 67.9 Å². The largest absolute Gasteiger partial charge is 0.493 e. The summed E-state index contributed by atoms with van der Waals surface area (Å²) in [5, 5.41) is 18.9. The van der Waals surface area contributed by atoms with E-state index in [0.717, 1.165) is 23.9 Å². The second-order valence-electron chi connectivity index (χ2n) is 8.79. The molecule has 4 heterocycles. The summed E-state index contributed by atoms with van der Waals surface area (Å²) in [7, 11) is 0. The van der Waals surface area contributed by atoms with Crippen LogP contribution in [0.4, 0.5) is 5.82 Å². The van der Waals surface area contributed by atoms with Crippen LogP contribution in [0.2, 0.25) is 0 Å². The number of hydrogen-bond donors (Lipinski definition) is 3. The number of rotatable bonds is 4. The van der Waals surface area contributed by atoms with Crippen LogP contribution in [0.25, 0.3) is 11.1 Å². The number of aromatic nitrogens is 2. The Bertz CT molecular complexity index is 1290. The molecular formula is C27H28N6O4. The van der Waals surface area contributed by atoms with Gasteiger partial charge in [-0.15, -0.1) is 0 Å². The molecule has 37 heavy (non-hydrogen) atoms. The first kappa shape index (κ1) is 24.4. The number of amidine groups is 1. The van der Waals surface area contributed by atoms with Crippen molar-refractivity contribution in [2.75, 3.05) is 31.7 Å². The number of hydrogen-bond acceptors (Lipinski definition) is 8. The molecule has 1 saturated heterocycles. The average Bonchev–Trinajstić information content (AvgIpc) is 3.44. The van der Waals surface area contributed by atoms with Crippen LogP contribution in [-0.4, -0.2) is 65.4 Å². The number of carbonyl (C=O) groups is 1. The minimum absolute atomic E-state index is 0.0226. The second-order valence-corrected chi connectivity index (χ2v) is 8.79. The lowest BCUT2D eigenvalue weighted by Gasteiger charge is -2.20. The third-order valence-corrected chi connectivity index (χ3v) is 6.20. The molecule has 0 radical (unpaired) electrons. The zero-order valence-electron chi connectivity index (χ0n) is 20.3. The molecule has 2 aromatic heterocycles. The van der Waals surface area contributed by atoms with Gasteiger partial charge in [0.25, 0.3) is 5.91 Å². The van der Waals surface area contributed by atoms with E-state index in [2.05, 4.69) is 15.3 Å². The molecule has 2 bridgehead atoms. The predicted octanol–water partition coefficient (Wildman–Crippen LogP) is 3.97. The first-order chi connectivity index (χ1) is 18.1. The highest BCUT2D eigenvalue weighted by Gasteiger charge is 2.19. The molecule has 10 nitrogen and oxygen atoms in total. The maximum Gasteiger partial charge on any atom is 0.260 e. The maximum atomic E-state index is 13.3. The Morgan fingerprint density at radius 2 is 2.00 bits per heavy atom. The topological polar surface area (TPSA) is 134 Å². The molecule has 0 saturated carbocycles. The number of nitrogens with one attached hydrogen (secondary N) is 3. The van der Waals surface area contributed by atoms with Crippen molar-refractivity contribution >= 4 is 23.9 Å². The van der Waals surface area contributed by atoms with E-state index in [1.165, 1.54) is 4.90 Å². The maximum absolute atomic E-state index is 13.3. The van der Waals surface area contributed by atoms with Gasteiger partial charge in [-0.3, -0.25) is 15.6 Å². The monoisotopic (exact) mass is 500 g/mol. The summed E-state index contributed by atoms with van der Waals surface area (Å²) in [6.45, 7) is 2.17. The number of nitrogens with zero attached hydrogens (tertiary/aromatic N) is 3. The molecule has 3 N–H and O–H groups in total. The van der Waals surface area contributed by atoms with Gasteiger partial charge < -0.3 is 24.4 Å². The van der Waals surface area contributed by atoms with E-state index >= 15 is 0 Å². The van der Waals surface area contributed by atoms with E-state index in [1.54, 1.807) is 36.5 Å². The average molecular weight is 501 g/mol. The highest BCUT2D eigenvalue weighted by atomic mass is 16.5. The zero-order chi connectivity index (χ0) is 25.6. The highest BCUT2D eigenvalue weighted by Crippen LogP contribution is 2.29. The number of fused-ring (bicyclic) bond motifs is 3. The Kier molecular flexibility index (Phi) is 7.36. The van der Waals surface area contributed by atoms with Crippen LogP contribution in [0.1, 0.15) is 35.3 Å².